The average Bonchev–Trinajstić information content (AvgIpc) is 2.17. The zero-order valence-electron chi connectivity index (χ0n) is 8.63. The number of Topliss-reactive ketones (excluding diaryl/α,β-unsaturated/α-hetero) is 1. The first kappa shape index (κ1) is 10.7. The predicted molar refractivity (Wildman–Crippen MR) is 62.4 cm³/mol. The molecule has 0 bridgehead atoms. The van der Waals surface area contributed by atoms with Gasteiger partial charge in [0.05, 0.1) is 5.56 Å². The van der Waals surface area contributed by atoms with E-state index in [1.807, 2.05) is 18.2 Å². The van der Waals surface area contributed by atoms with Crippen molar-refractivity contribution in [2.45, 2.75) is 32.3 Å². The molecule has 1 aromatic carbocycles. The molecule has 15 heavy (non-hydrogen) atoms. The zero-order chi connectivity index (χ0) is 10.8. The van der Waals surface area contributed by atoms with Gasteiger partial charge in [-0.25, -0.2) is 0 Å². The molecule has 1 unspecified atom stereocenters. The van der Waals surface area contributed by atoms with Crippen molar-refractivity contribution in [1.29, 1.82) is 0 Å². The fraction of sp³-hybridized carbons (Fsp3) is 0.417. The summed E-state index contributed by atoms with van der Waals surface area (Å²) in [4.78, 5) is 11.8. The van der Waals surface area contributed by atoms with Crippen molar-refractivity contribution in [2.75, 3.05) is 0 Å². The lowest BCUT2D eigenvalue weighted by molar-refractivity contribution is 0.0838. The second-order valence-corrected chi connectivity index (χ2v) is 4.71. The molecule has 80 valence electrons. The van der Waals surface area contributed by atoms with E-state index in [4.69, 9.17) is 4.74 Å². The Morgan fingerprint density at radius 1 is 1.53 bits per heavy atom. The van der Waals surface area contributed by atoms with Gasteiger partial charge >= 0.3 is 0 Å². The van der Waals surface area contributed by atoms with Gasteiger partial charge in [-0.3, -0.25) is 4.79 Å². The minimum absolute atomic E-state index is 0.0595. The van der Waals surface area contributed by atoms with E-state index in [0.717, 1.165) is 23.1 Å². The fourth-order valence-electron chi connectivity index (χ4n) is 1.84. The van der Waals surface area contributed by atoms with Gasteiger partial charge in [-0.2, -0.15) is 0 Å². The normalized spacial score (nSPS) is 19.6. The Bertz CT molecular complexity index is 387. The highest BCUT2D eigenvalue weighted by atomic mass is 79.9. The van der Waals surface area contributed by atoms with Crippen LogP contribution in [0.2, 0.25) is 0 Å². The van der Waals surface area contributed by atoms with E-state index in [9.17, 15) is 4.79 Å². The molecule has 0 saturated carbocycles. The molecule has 2 nitrogen and oxygen atoms in total. The molecule has 0 spiro atoms. The number of ether oxygens (including phenoxy) is 1. The number of fused-ring (bicyclic) bond motifs is 1. The molecular weight excluding hydrogens is 256 g/mol. The number of carbonyl (C=O) groups excluding carboxylic acids is 1. The van der Waals surface area contributed by atoms with Gasteiger partial charge in [0.1, 0.15) is 11.9 Å². The SMILES string of the molecule is CCCC1CC(=O)c2ccc(Br)cc2O1. The van der Waals surface area contributed by atoms with Crippen molar-refractivity contribution in [3.63, 3.8) is 0 Å². The first-order valence-electron chi connectivity index (χ1n) is 5.20. The van der Waals surface area contributed by atoms with Crippen molar-refractivity contribution in [3.05, 3.63) is 28.2 Å². The van der Waals surface area contributed by atoms with Gasteiger partial charge in [0, 0.05) is 10.9 Å². The third kappa shape index (κ3) is 2.23. The first-order chi connectivity index (χ1) is 7.20. The van der Waals surface area contributed by atoms with Crippen LogP contribution in [0.4, 0.5) is 0 Å². The molecule has 0 amide bonds. The van der Waals surface area contributed by atoms with Gasteiger partial charge < -0.3 is 4.74 Å². The van der Waals surface area contributed by atoms with Crippen molar-refractivity contribution in [2.24, 2.45) is 0 Å². The Morgan fingerprint density at radius 3 is 3.07 bits per heavy atom. The molecule has 1 aromatic rings. The van der Waals surface area contributed by atoms with Crippen LogP contribution >= 0.6 is 15.9 Å². The van der Waals surface area contributed by atoms with Crippen LogP contribution in [0.1, 0.15) is 36.5 Å². The van der Waals surface area contributed by atoms with Gasteiger partial charge in [-0.15, -0.1) is 0 Å². The number of hydrogen-bond acceptors (Lipinski definition) is 2. The summed E-state index contributed by atoms with van der Waals surface area (Å²) in [6, 6.07) is 5.57. The van der Waals surface area contributed by atoms with E-state index in [0.29, 0.717) is 12.0 Å². The summed E-state index contributed by atoms with van der Waals surface area (Å²) in [6.45, 7) is 2.10. The number of benzene rings is 1. The quantitative estimate of drug-likeness (QED) is 0.820. The summed E-state index contributed by atoms with van der Waals surface area (Å²) >= 11 is 3.38. The molecule has 3 heteroatoms. The monoisotopic (exact) mass is 268 g/mol. The molecule has 0 N–H and O–H groups in total. The Hall–Kier alpha value is -0.830. The second-order valence-electron chi connectivity index (χ2n) is 3.80. The summed E-state index contributed by atoms with van der Waals surface area (Å²) in [7, 11) is 0. The Morgan fingerprint density at radius 2 is 2.33 bits per heavy atom. The topological polar surface area (TPSA) is 26.3 Å². The van der Waals surface area contributed by atoms with Crippen LogP contribution in [0, 0.1) is 0 Å². The van der Waals surface area contributed by atoms with Gasteiger partial charge in [0.25, 0.3) is 0 Å². The summed E-state index contributed by atoms with van der Waals surface area (Å²) in [5, 5.41) is 0. The van der Waals surface area contributed by atoms with Gasteiger partial charge in [-0.1, -0.05) is 29.3 Å². The van der Waals surface area contributed by atoms with Gasteiger partial charge in [0.15, 0.2) is 5.78 Å². The van der Waals surface area contributed by atoms with Crippen molar-refractivity contribution < 1.29 is 9.53 Å². The molecule has 1 aliphatic heterocycles. The number of carbonyl (C=O) groups is 1. The van der Waals surface area contributed by atoms with E-state index in [-0.39, 0.29) is 11.9 Å². The summed E-state index contributed by atoms with van der Waals surface area (Å²) in [5.41, 5.74) is 0.713. The minimum atomic E-state index is 0.0595. The molecule has 0 radical (unpaired) electrons. The Labute approximate surface area is 97.8 Å². The molecule has 0 saturated heterocycles. The van der Waals surface area contributed by atoms with Crippen LogP contribution in [0.5, 0.6) is 5.75 Å². The number of hydrogen-bond donors (Lipinski definition) is 0. The van der Waals surface area contributed by atoms with E-state index < -0.39 is 0 Å². The average molecular weight is 269 g/mol. The summed E-state index contributed by atoms with van der Waals surface area (Å²) < 4.78 is 6.72. The zero-order valence-corrected chi connectivity index (χ0v) is 10.2. The van der Waals surface area contributed by atoms with Crippen LogP contribution < -0.4 is 4.74 Å². The lowest BCUT2D eigenvalue weighted by atomic mass is 9.98. The molecular formula is C12H13BrO2. The number of halogens is 1. The van der Waals surface area contributed by atoms with Crippen LogP contribution in [0.3, 0.4) is 0 Å². The van der Waals surface area contributed by atoms with Gasteiger partial charge in [-0.05, 0) is 24.6 Å². The maximum Gasteiger partial charge on any atom is 0.170 e. The molecule has 2 rings (SSSR count). The van der Waals surface area contributed by atoms with Crippen LogP contribution in [0.15, 0.2) is 22.7 Å². The lowest BCUT2D eigenvalue weighted by Gasteiger charge is -2.24. The standard InChI is InChI=1S/C12H13BrO2/c1-2-3-9-7-11(14)10-5-4-8(13)6-12(10)15-9/h4-6,9H,2-3,7H2,1H3. The van der Waals surface area contributed by atoms with Crippen LogP contribution in [0.25, 0.3) is 0 Å². The molecule has 1 atom stereocenters. The first-order valence-corrected chi connectivity index (χ1v) is 5.99. The summed E-state index contributed by atoms with van der Waals surface area (Å²) in [6.07, 6.45) is 2.56. The third-order valence-corrected chi connectivity index (χ3v) is 3.05. The highest BCUT2D eigenvalue weighted by Crippen LogP contribution is 2.31. The Kier molecular flexibility index (Phi) is 3.10. The van der Waals surface area contributed by atoms with Crippen molar-refractivity contribution in [1.82, 2.24) is 0 Å². The second kappa shape index (κ2) is 4.35. The summed E-state index contributed by atoms with van der Waals surface area (Å²) in [5.74, 6) is 0.918. The highest BCUT2D eigenvalue weighted by Gasteiger charge is 2.25. The predicted octanol–water partition coefficient (Wildman–Crippen LogP) is 3.58. The van der Waals surface area contributed by atoms with Crippen molar-refractivity contribution in [3.8, 4) is 5.75 Å². The third-order valence-electron chi connectivity index (χ3n) is 2.56. The van der Waals surface area contributed by atoms with E-state index >= 15 is 0 Å². The molecule has 1 heterocycles. The highest BCUT2D eigenvalue weighted by molar-refractivity contribution is 9.10. The largest absolute Gasteiger partial charge is 0.489 e. The number of rotatable bonds is 2. The van der Waals surface area contributed by atoms with Crippen molar-refractivity contribution >= 4 is 21.7 Å². The molecule has 0 fully saturated rings. The maximum absolute atomic E-state index is 11.8. The molecule has 0 aromatic heterocycles. The van der Waals surface area contributed by atoms with Crippen LogP contribution in [-0.4, -0.2) is 11.9 Å². The van der Waals surface area contributed by atoms with Gasteiger partial charge in [0.2, 0.25) is 0 Å². The molecule has 1 aliphatic rings. The smallest absolute Gasteiger partial charge is 0.170 e. The number of ketones is 1. The minimum Gasteiger partial charge on any atom is -0.489 e. The van der Waals surface area contributed by atoms with E-state index in [2.05, 4.69) is 22.9 Å². The molecule has 0 aliphatic carbocycles. The van der Waals surface area contributed by atoms with Crippen LogP contribution in [-0.2, 0) is 0 Å². The maximum atomic E-state index is 11.8. The lowest BCUT2D eigenvalue weighted by Crippen LogP contribution is -2.26. The van der Waals surface area contributed by atoms with E-state index in [1.54, 1.807) is 0 Å². The Balaban J connectivity index is 2.29. The fourth-order valence-corrected chi connectivity index (χ4v) is 2.19. The van der Waals surface area contributed by atoms with E-state index in [1.165, 1.54) is 0 Å².